The lowest BCUT2D eigenvalue weighted by atomic mass is 9.85. The normalized spacial score (nSPS) is 16.6. The summed E-state index contributed by atoms with van der Waals surface area (Å²) >= 11 is 0. The minimum atomic E-state index is -0.314. The van der Waals surface area contributed by atoms with Crippen molar-refractivity contribution >= 4 is 23.1 Å². The summed E-state index contributed by atoms with van der Waals surface area (Å²) in [4.78, 5) is 23.3. The number of oxime groups is 1. The Balaban J connectivity index is 2.60. The number of hydrogen-bond donors (Lipinski definition) is 2. The summed E-state index contributed by atoms with van der Waals surface area (Å²) in [6.45, 7) is 3.31. The van der Waals surface area contributed by atoms with Crippen LogP contribution in [0.4, 0.5) is 5.69 Å². The molecule has 5 heteroatoms. The topological polar surface area (TPSA) is 78.8 Å². The maximum Gasteiger partial charge on any atom is 0.221 e. The zero-order valence-corrected chi connectivity index (χ0v) is 10.3. The molecule has 0 spiro atoms. The van der Waals surface area contributed by atoms with E-state index in [1.165, 1.54) is 6.92 Å². The first-order valence-electron chi connectivity index (χ1n) is 5.70. The van der Waals surface area contributed by atoms with Crippen LogP contribution in [0.5, 0.6) is 0 Å². The Hall–Kier alpha value is -2.17. The third kappa shape index (κ3) is 1.99. The average molecular weight is 246 g/mol. The Bertz CT molecular complexity index is 562. The lowest BCUT2D eigenvalue weighted by molar-refractivity contribution is -0.114. The van der Waals surface area contributed by atoms with Crippen molar-refractivity contribution in [1.29, 1.82) is 0 Å². The third-order valence-electron chi connectivity index (χ3n) is 3.08. The number of nitrogens with zero attached hydrogens (tertiary/aromatic N) is 1. The van der Waals surface area contributed by atoms with Crippen LogP contribution in [0.3, 0.4) is 0 Å². The van der Waals surface area contributed by atoms with Gasteiger partial charge in [-0.2, -0.15) is 0 Å². The molecular weight excluding hydrogens is 232 g/mol. The predicted octanol–water partition coefficient (Wildman–Crippen LogP) is 1.91. The Morgan fingerprint density at radius 1 is 1.39 bits per heavy atom. The molecule has 1 aliphatic rings. The van der Waals surface area contributed by atoms with Gasteiger partial charge in [-0.15, -0.1) is 0 Å². The first kappa shape index (κ1) is 12.3. The number of fused-ring (bicyclic) bond motifs is 1. The van der Waals surface area contributed by atoms with Crippen LogP contribution in [-0.4, -0.2) is 22.6 Å². The van der Waals surface area contributed by atoms with Crippen LogP contribution in [0, 0.1) is 6.92 Å². The second-order valence-corrected chi connectivity index (χ2v) is 4.34. The van der Waals surface area contributed by atoms with Gasteiger partial charge in [-0.05, 0) is 30.5 Å². The molecule has 18 heavy (non-hydrogen) atoms. The van der Waals surface area contributed by atoms with E-state index in [-0.39, 0.29) is 17.4 Å². The molecule has 1 aromatic carbocycles. The number of ketones is 1. The van der Waals surface area contributed by atoms with E-state index in [0.29, 0.717) is 24.1 Å². The molecule has 0 bridgehead atoms. The number of carbonyl (C=O) groups is 2. The highest BCUT2D eigenvalue weighted by Gasteiger charge is 2.28. The van der Waals surface area contributed by atoms with Gasteiger partial charge in [-0.3, -0.25) is 9.59 Å². The van der Waals surface area contributed by atoms with Crippen LogP contribution in [0.15, 0.2) is 17.3 Å². The maximum atomic E-state index is 12.2. The Morgan fingerprint density at radius 2 is 2.11 bits per heavy atom. The lowest BCUT2D eigenvalue weighted by Gasteiger charge is -2.21. The zero-order chi connectivity index (χ0) is 13.3. The summed E-state index contributed by atoms with van der Waals surface area (Å²) in [6, 6.07) is 3.58. The number of amides is 1. The summed E-state index contributed by atoms with van der Waals surface area (Å²) in [7, 11) is 0. The summed E-state index contributed by atoms with van der Waals surface area (Å²) < 4.78 is 0. The average Bonchev–Trinajstić information content (AvgIpc) is 2.32. The summed E-state index contributed by atoms with van der Waals surface area (Å²) in [5, 5.41) is 14.5. The highest BCUT2D eigenvalue weighted by Crippen LogP contribution is 2.29. The molecule has 0 saturated heterocycles. The molecule has 2 rings (SSSR count). The molecule has 0 radical (unpaired) electrons. The first-order valence-corrected chi connectivity index (χ1v) is 5.70. The smallest absolute Gasteiger partial charge is 0.221 e. The molecule has 2 N–H and O–H groups in total. The highest BCUT2D eigenvalue weighted by atomic mass is 16.4. The van der Waals surface area contributed by atoms with Gasteiger partial charge < -0.3 is 10.5 Å². The van der Waals surface area contributed by atoms with Crippen LogP contribution in [0.1, 0.15) is 34.8 Å². The molecule has 0 fully saturated rings. The van der Waals surface area contributed by atoms with Crippen molar-refractivity contribution in [2.75, 3.05) is 5.32 Å². The second-order valence-electron chi connectivity index (χ2n) is 4.34. The van der Waals surface area contributed by atoms with Crippen molar-refractivity contribution in [2.45, 2.75) is 26.7 Å². The van der Waals surface area contributed by atoms with Crippen LogP contribution >= 0.6 is 0 Å². The van der Waals surface area contributed by atoms with E-state index >= 15 is 0 Å². The van der Waals surface area contributed by atoms with Crippen molar-refractivity contribution < 1.29 is 14.8 Å². The van der Waals surface area contributed by atoms with Crippen molar-refractivity contribution in [3.8, 4) is 0 Å². The van der Waals surface area contributed by atoms with Crippen LogP contribution in [0.2, 0.25) is 0 Å². The van der Waals surface area contributed by atoms with Gasteiger partial charge in [0.2, 0.25) is 11.7 Å². The second kappa shape index (κ2) is 4.60. The number of hydrogen-bond acceptors (Lipinski definition) is 4. The summed E-state index contributed by atoms with van der Waals surface area (Å²) in [6.07, 6.45) is 1.06. The fourth-order valence-electron chi connectivity index (χ4n) is 2.22. The van der Waals surface area contributed by atoms with Gasteiger partial charge in [0.1, 0.15) is 5.71 Å². The third-order valence-corrected chi connectivity index (χ3v) is 3.08. The summed E-state index contributed by atoms with van der Waals surface area (Å²) in [5.74, 6) is -0.548. The van der Waals surface area contributed by atoms with Crippen molar-refractivity contribution in [3.63, 3.8) is 0 Å². The Morgan fingerprint density at radius 3 is 2.72 bits per heavy atom. The molecule has 0 unspecified atom stereocenters. The fraction of sp³-hybridized carbons (Fsp3) is 0.308. The molecule has 94 valence electrons. The number of carbonyl (C=O) groups excluding carboxylic acids is 2. The van der Waals surface area contributed by atoms with Crippen molar-refractivity contribution in [2.24, 2.45) is 5.16 Å². The molecule has 1 aliphatic carbocycles. The molecule has 1 aromatic rings. The Labute approximate surface area is 104 Å². The fourth-order valence-corrected chi connectivity index (χ4v) is 2.22. The van der Waals surface area contributed by atoms with Gasteiger partial charge in [0.15, 0.2) is 0 Å². The zero-order valence-electron chi connectivity index (χ0n) is 10.3. The monoisotopic (exact) mass is 246 g/mol. The Kier molecular flexibility index (Phi) is 3.14. The molecule has 0 saturated carbocycles. The van der Waals surface area contributed by atoms with Gasteiger partial charge in [0.25, 0.3) is 0 Å². The van der Waals surface area contributed by atoms with E-state index < -0.39 is 0 Å². The van der Waals surface area contributed by atoms with E-state index in [1.54, 1.807) is 6.07 Å². The molecule has 1 amide bonds. The van der Waals surface area contributed by atoms with Crippen LogP contribution < -0.4 is 5.32 Å². The largest absolute Gasteiger partial charge is 0.411 e. The molecular formula is C13H14N2O3. The van der Waals surface area contributed by atoms with Crippen molar-refractivity contribution in [1.82, 2.24) is 0 Å². The molecule has 0 aliphatic heterocycles. The predicted molar refractivity (Wildman–Crippen MR) is 67.4 cm³/mol. The van der Waals surface area contributed by atoms with Gasteiger partial charge >= 0.3 is 0 Å². The molecule has 5 nitrogen and oxygen atoms in total. The number of aryl methyl sites for hydroxylation is 1. The van der Waals surface area contributed by atoms with Crippen LogP contribution in [0.25, 0.3) is 0 Å². The van der Waals surface area contributed by atoms with Gasteiger partial charge in [-0.1, -0.05) is 11.2 Å². The molecule has 0 aromatic heterocycles. The number of nitrogens with one attached hydrogen (secondary N) is 1. The number of rotatable bonds is 1. The number of benzene rings is 1. The minimum Gasteiger partial charge on any atom is -0.411 e. The molecule has 0 atom stereocenters. The van der Waals surface area contributed by atoms with Gasteiger partial charge in [0, 0.05) is 13.3 Å². The SMILES string of the molecule is CC(=O)Nc1ccc(C)c2c1C(=O)C(=NO)CC2. The number of Topliss-reactive ketones (excluding diaryl/α,β-unsaturated/α-hetero) is 1. The lowest BCUT2D eigenvalue weighted by Crippen LogP contribution is -2.25. The van der Waals surface area contributed by atoms with E-state index in [0.717, 1.165) is 11.1 Å². The highest BCUT2D eigenvalue weighted by molar-refractivity contribution is 6.48. The first-order chi connectivity index (χ1) is 8.54. The summed E-state index contributed by atoms with van der Waals surface area (Å²) in [5.41, 5.74) is 2.99. The molecule has 0 heterocycles. The van der Waals surface area contributed by atoms with Crippen LogP contribution in [-0.2, 0) is 11.2 Å². The minimum absolute atomic E-state index is 0.139. The van der Waals surface area contributed by atoms with E-state index in [2.05, 4.69) is 10.5 Å². The van der Waals surface area contributed by atoms with Gasteiger partial charge in [-0.25, -0.2) is 0 Å². The standard InChI is InChI=1S/C13H14N2O3/c1-7-3-5-10(14-8(2)16)12-9(7)4-6-11(15-18)13(12)17/h3,5,18H,4,6H2,1-2H3,(H,14,16). The quantitative estimate of drug-likeness (QED) is 0.587. The van der Waals surface area contributed by atoms with E-state index in [9.17, 15) is 9.59 Å². The number of anilines is 1. The van der Waals surface area contributed by atoms with Gasteiger partial charge in [0.05, 0.1) is 11.3 Å². The van der Waals surface area contributed by atoms with Crippen molar-refractivity contribution in [3.05, 3.63) is 28.8 Å². The van der Waals surface area contributed by atoms with E-state index in [4.69, 9.17) is 5.21 Å². The van der Waals surface area contributed by atoms with E-state index in [1.807, 2.05) is 13.0 Å². The maximum absolute atomic E-state index is 12.2.